The van der Waals surface area contributed by atoms with Crippen molar-refractivity contribution in [3.8, 4) is 0 Å². The number of carbonyl (C=O) groups is 1. The summed E-state index contributed by atoms with van der Waals surface area (Å²) in [5.41, 5.74) is -1.20. The van der Waals surface area contributed by atoms with Crippen molar-refractivity contribution in [1.82, 2.24) is 14.9 Å². The van der Waals surface area contributed by atoms with Crippen molar-refractivity contribution >= 4 is 51.7 Å². The van der Waals surface area contributed by atoms with Crippen LogP contribution in [-0.2, 0) is 12.6 Å². The fraction of sp³-hybridized carbons (Fsp3) is 0.286. The molecule has 3 aromatic rings. The van der Waals surface area contributed by atoms with Crippen LogP contribution >= 0.6 is 34.8 Å². The van der Waals surface area contributed by atoms with Gasteiger partial charge in [0.1, 0.15) is 0 Å². The predicted octanol–water partition coefficient (Wildman–Crippen LogP) is 6.46. The number of aromatic nitrogens is 2. The molecule has 1 aliphatic rings. The van der Waals surface area contributed by atoms with Gasteiger partial charge in [0, 0.05) is 17.6 Å². The van der Waals surface area contributed by atoms with Crippen LogP contribution in [0.5, 0.6) is 0 Å². The molecular formula is C21H15Cl3F3N3O. The minimum Gasteiger partial charge on any atom is -0.334 e. The zero-order valence-corrected chi connectivity index (χ0v) is 18.2. The van der Waals surface area contributed by atoms with E-state index in [1.807, 2.05) is 6.07 Å². The number of likely N-dealkylation sites (tertiary alicyclic amines) is 1. The maximum atomic E-state index is 13.7. The van der Waals surface area contributed by atoms with Gasteiger partial charge in [-0.3, -0.25) is 4.79 Å². The lowest BCUT2D eigenvalue weighted by molar-refractivity contribution is -0.141. The van der Waals surface area contributed by atoms with Crippen molar-refractivity contribution in [3.63, 3.8) is 0 Å². The molecule has 1 unspecified atom stereocenters. The maximum absolute atomic E-state index is 13.7. The normalized spacial score (nSPS) is 16.8. The highest BCUT2D eigenvalue weighted by Crippen LogP contribution is 2.35. The Kier molecular flexibility index (Phi) is 6.03. The van der Waals surface area contributed by atoms with Gasteiger partial charge < -0.3 is 4.90 Å². The first-order chi connectivity index (χ1) is 14.6. The molecule has 162 valence electrons. The second kappa shape index (κ2) is 8.45. The molecule has 4 rings (SSSR count). The van der Waals surface area contributed by atoms with Gasteiger partial charge in [-0.05, 0) is 49.1 Å². The molecule has 1 aliphatic heterocycles. The number of alkyl halides is 3. The summed E-state index contributed by atoms with van der Waals surface area (Å²) in [5.74, 6) is -0.808. The maximum Gasteiger partial charge on any atom is 0.435 e. The molecule has 31 heavy (non-hydrogen) atoms. The molecule has 0 aliphatic carbocycles. The lowest BCUT2D eigenvalue weighted by Gasteiger charge is -2.25. The van der Waals surface area contributed by atoms with Crippen LogP contribution in [0.25, 0.3) is 11.0 Å². The molecule has 1 saturated heterocycles. The van der Waals surface area contributed by atoms with Crippen LogP contribution in [0, 0.1) is 0 Å². The number of benzene rings is 2. The van der Waals surface area contributed by atoms with Crippen LogP contribution in [-0.4, -0.2) is 33.4 Å². The van der Waals surface area contributed by atoms with E-state index in [2.05, 4.69) is 9.97 Å². The van der Waals surface area contributed by atoms with Crippen LogP contribution in [0.2, 0.25) is 15.1 Å². The highest BCUT2D eigenvalue weighted by atomic mass is 35.5. The van der Waals surface area contributed by atoms with Crippen LogP contribution < -0.4 is 0 Å². The average Bonchev–Trinajstić information content (AvgIpc) is 3.15. The number of nitrogens with zero attached hydrogens (tertiary/aromatic N) is 3. The Balaban J connectivity index is 1.73. The molecule has 1 fully saturated rings. The zero-order valence-electron chi connectivity index (χ0n) is 15.9. The Morgan fingerprint density at radius 2 is 1.74 bits per heavy atom. The van der Waals surface area contributed by atoms with Crippen molar-refractivity contribution < 1.29 is 18.0 Å². The SMILES string of the molecule is O=C(c1nc2cc(Cl)c(Cl)cc2nc1C(F)(F)F)N1CCCC1Cc1cccc(Cl)c1. The van der Waals surface area contributed by atoms with Crippen molar-refractivity contribution in [2.75, 3.05) is 6.54 Å². The molecule has 4 nitrogen and oxygen atoms in total. The Bertz CT molecular complexity index is 1170. The minimum atomic E-state index is -4.86. The first kappa shape index (κ1) is 22.1. The smallest absolute Gasteiger partial charge is 0.334 e. The number of rotatable bonds is 3. The molecule has 0 N–H and O–H groups in total. The third-order valence-corrected chi connectivity index (χ3v) is 6.13. The van der Waals surface area contributed by atoms with Gasteiger partial charge in [-0.2, -0.15) is 13.2 Å². The summed E-state index contributed by atoms with van der Waals surface area (Å²) >= 11 is 17.9. The summed E-state index contributed by atoms with van der Waals surface area (Å²) in [6, 6.07) is 9.42. The van der Waals surface area contributed by atoms with Gasteiger partial charge in [-0.15, -0.1) is 0 Å². The second-order valence-electron chi connectivity index (χ2n) is 7.30. The third kappa shape index (κ3) is 4.59. The van der Waals surface area contributed by atoms with E-state index in [1.165, 1.54) is 17.0 Å². The lowest BCUT2D eigenvalue weighted by Crippen LogP contribution is -2.38. The molecule has 1 atom stereocenters. The number of amides is 1. The van der Waals surface area contributed by atoms with E-state index in [9.17, 15) is 18.0 Å². The zero-order chi connectivity index (χ0) is 22.3. The first-order valence-corrected chi connectivity index (χ1v) is 10.6. The highest BCUT2D eigenvalue weighted by molar-refractivity contribution is 6.42. The van der Waals surface area contributed by atoms with E-state index in [0.29, 0.717) is 30.8 Å². The number of carbonyl (C=O) groups excluding carboxylic acids is 1. The van der Waals surface area contributed by atoms with Gasteiger partial charge in [0.2, 0.25) is 0 Å². The Morgan fingerprint density at radius 3 is 2.39 bits per heavy atom. The van der Waals surface area contributed by atoms with E-state index < -0.39 is 23.5 Å². The molecule has 0 spiro atoms. The van der Waals surface area contributed by atoms with E-state index >= 15 is 0 Å². The van der Waals surface area contributed by atoms with Crippen molar-refractivity contribution in [2.24, 2.45) is 0 Å². The summed E-state index contributed by atoms with van der Waals surface area (Å²) < 4.78 is 41.2. The second-order valence-corrected chi connectivity index (χ2v) is 8.55. The summed E-state index contributed by atoms with van der Waals surface area (Å²) in [4.78, 5) is 22.3. The molecule has 0 bridgehead atoms. The topological polar surface area (TPSA) is 46.1 Å². The van der Waals surface area contributed by atoms with Crippen molar-refractivity contribution in [3.05, 3.63) is 68.4 Å². The fourth-order valence-corrected chi connectivity index (χ4v) is 4.31. The van der Waals surface area contributed by atoms with Crippen molar-refractivity contribution in [1.29, 1.82) is 0 Å². The van der Waals surface area contributed by atoms with E-state index in [1.54, 1.807) is 18.2 Å². The lowest BCUT2D eigenvalue weighted by atomic mass is 10.0. The van der Waals surface area contributed by atoms with Crippen molar-refractivity contribution in [2.45, 2.75) is 31.5 Å². The van der Waals surface area contributed by atoms with E-state index in [0.717, 1.165) is 5.56 Å². The number of fused-ring (bicyclic) bond motifs is 1. The van der Waals surface area contributed by atoms with Crippen LogP contribution in [0.15, 0.2) is 36.4 Å². The average molecular weight is 489 g/mol. The molecule has 2 aromatic carbocycles. The molecule has 0 radical (unpaired) electrons. The summed E-state index contributed by atoms with van der Waals surface area (Å²) in [6.07, 6.45) is -3.03. The summed E-state index contributed by atoms with van der Waals surface area (Å²) in [7, 11) is 0. The Hall–Kier alpha value is -2.09. The molecular weight excluding hydrogens is 474 g/mol. The van der Waals surface area contributed by atoms with Crippen LogP contribution in [0.1, 0.15) is 34.6 Å². The van der Waals surface area contributed by atoms with E-state index in [4.69, 9.17) is 34.8 Å². The predicted molar refractivity (Wildman–Crippen MR) is 114 cm³/mol. The molecule has 1 amide bonds. The highest BCUT2D eigenvalue weighted by Gasteiger charge is 2.41. The number of hydrogen-bond donors (Lipinski definition) is 0. The van der Waals surface area contributed by atoms with Gasteiger partial charge in [0.25, 0.3) is 5.91 Å². The first-order valence-electron chi connectivity index (χ1n) is 9.43. The summed E-state index contributed by atoms with van der Waals surface area (Å²) in [6.45, 7) is 0.336. The quantitative estimate of drug-likeness (QED) is 0.425. The van der Waals surface area contributed by atoms with Gasteiger partial charge in [0.15, 0.2) is 11.4 Å². The monoisotopic (exact) mass is 487 g/mol. The molecule has 2 heterocycles. The molecule has 0 saturated carbocycles. The van der Waals surface area contributed by atoms with Gasteiger partial charge >= 0.3 is 6.18 Å². The minimum absolute atomic E-state index is 0.0526. The Morgan fingerprint density at radius 1 is 1.06 bits per heavy atom. The Labute approximate surface area is 190 Å². The fourth-order valence-electron chi connectivity index (χ4n) is 3.79. The van der Waals surface area contributed by atoms with Crippen LogP contribution in [0.4, 0.5) is 13.2 Å². The molecule has 1 aromatic heterocycles. The van der Waals surface area contributed by atoms with Gasteiger partial charge in [-0.1, -0.05) is 46.9 Å². The summed E-state index contributed by atoms with van der Waals surface area (Å²) in [5, 5.41) is 0.724. The number of halogens is 6. The number of hydrogen-bond acceptors (Lipinski definition) is 3. The van der Waals surface area contributed by atoms with E-state index in [-0.39, 0.29) is 27.1 Å². The third-order valence-electron chi connectivity index (χ3n) is 5.18. The largest absolute Gasteiger partial charge is 0.435 e. The van der Waals surface area contributed by atoms with Gasteiger partial charge in [-0.25, -0.2) is 9.97 Å². The van der Waals surface area contributed by atoms with Crippen LogP contribution in [0.3, 0.4) is 0 Å². The molecule has 10 heteroatoms. The van der Waals surface area contributed by atoms with Gasteiger partial charge in [0.05, 0.1) is 21.1 Å². The standard InChI is InChI=1S/C21H15Cl3F3N3O/c22-12-4-1-3-11(7-12)8-13-5-2-6-30(13)20(31)18-19(21(25,26)27)29-17-10-15(24)14(23)9-16(17)28-18/h1,3-4,7,9-10,13H,2,5-6,8H2.